The van der Waals surface area contributed by atoms with Gasteiger partial charge >= 0.3 is 6.18 Å². The van der Waals surface area contributed by atoms with Gasteiger partial charge in [0.05, 0.1) is 11.9 Å². The van der Waals surface area contributed by atoms with Crippen molar-refractivity contribution in [3.63, 3.8) is 0 Å². The third-order valence-corrected chi connectivity index (χ3v) is 5.53. The fraction of sp³-hybridized carbons (Fsp3) is 0.684. The van der Waals surface area contributed by atoms with Gasteiger partial charge in [-0.3, -0.25) is 4.79 Å². The Hall–Kier alpha value is -1.79. The van der Waals surface area contributed by atoms with Crippen LogP contribution in [0.15, 0.2) is 18.3 Å². The van der Waals surface area contributed by atoms with Gasteiger partial charge in [-0.15, -0.1) is 0 Å². The van der Waals surface area contributed by atoms with Crippen LogP contribution >= 0.6 is 0 Å². The SMILES string of the molecule is O=C(CCC1CCCCC1)N1CCN(c2ccc(C(F)(F)F)nc2)CC1. The number of carbonyl (C=O) groups excluding carboxylic acids is 1. The lowest BCUT2D eigenvalue weighted by molar-refractivity contribution is -0.141. The number of aromatic nitrogens is 1. The fourth-order valence-corrected chi connectivity index (χ4v) is 3.92. The minimum Gasteiger partial charge on any atom is -0.367 e. The molecule has 1 aromatic heterocycles. The molecule has 2 heterocycles. The summed E-state index contributed by atoms with van der Waals surface area (Å²) >= 11 is 0. The second kappa shape index (κ2) is 8.27. The maximum Gasteiger partial charge on any atom is 0.433 e. The molecule has 0 atom stereocenters. The largest absolute Gasteiger partial charge is 0.433 e. The Labute approximate surface area is 152 Å². The number of amides is 1. The zero-order valence-electron chi connectivity index (χ0n) is 15.0. The van der Waals surface area contributed by atoms with Crippen LogP contribution < -0.4 is 4.90 Å². The van der Waals surface area contributed by atoms with Gasteiger partial charge in [0.25, 0.3) is 0 Å². The van der Waals surface area contributed by atoms with E-state index in [4.69, 9.17) is 0 Å². The monoisotopic (exact) mass is 369 g/mol. The summed E-state index contributed by atoms with van der Waals surface area (Å²) in [5.74, 6) is 0.910. The Morgan fingerprint density at radius 1 is 1.08 bits per heavy atom. The number of carbonyl (C=O) groups is 1. The molecule has 1 aliphatic heterocycles. The van der Waals surface area contributed by atoms with E-state index in [0.29, 0.717) is 44.2 Å². The molecule has 0 unspecified atom stereocenters. The molecule has 2 aliphatic rings. The molecule has 1 saturated heterocycles. The highest BCUT2D eigenvalue weighted by Crippen LogP contribution is 2.29. The number of nitrogens with zero attached hydrogens (tertiary/aromatic N) is 3. The van der Waals surface area contributed by atoms with Crippen LogP contribution in [0.2, 0.25) is 0 Å². The predicted molar refractivity (Wildman–Crippen MR) is 93.8 cm³/mol. The lowest BCUT2D eigenvalue weighted by Gasteiger charge is -2.36. The lowest BCUT2D eigenvalue weighted by Crippen LogP contribution is -2.48. The first-order valence-electron chi connectivity index (χ1n) is 9.49. The van der Waals surface area contributed by atoms with Crippen molar-refractivity contribution in [1.82, 2.24) is 9.88 Å². The van der Waals surface area contributed by atoms with Gasteiger partial charge in [0.2, 0.25) is 5.91 Å². The third kappa shape index (κ3) is 4.89. The van der Waals surface area contributed by atoms with Crippen LogP contribution in [0.3, 0.4) is 0 Å². The van der Waals surface area contributed by atoms with E-state index in [1.807, 2.05) is 9.80 Å². The first-order valence-corrected chi connectivity index (χ1v) is 9.49. The molecule has 144 valence electrons. The van der Waals surface area contributed by atoms with Crippen LogP contribution in [0, 0.1) is 5.92 Å². The van der Waals surface area contributed by atoms with Crippen molar-refractivity contribution in [2.45, 2.75) is 51.1 Å². The van der Waals surface area contributed by atoms with Gasteiger partial charge in [-0.05, 0) is 24.5 Å². The van der Waals surface area contributed by atoms with Crippen LogP contribution in [0.1, 0.15) is 50.6 Å². The second-order valence-electron chi connectivity index (χ2n) is 7.31. The molecule has 0 N–H and O–H groups in total. The molecular formula is C19H26F3N3O. The number of rotatable bonds is 4. The molecule has 0 spiro atoms. The van der Waals surface area contributed by atoms with E-state index >= 15 is 0 Å². The molecule has 1 aliphatic carbocycles. The molecule has 1 aromatic rings. The normalized spacial score (nSPS) is 19.7. The quantitative estimate of drug-likeness (QED) is 0.801. The number of hydrogen-bond acceptors (Lipinski definition) is 3. The van der Waals surface area contributed by atoms with Crippen LogP contribution in [0.25, 0.3) is 0 Å². The smallest absolute Gasteiger partial charge is 0.367 e. The minimum atomic E-state index is -4.41. The summed E-state index contributed by atoms with van der Waals surface area (Å²) < 4.78 is 37.8. The molecular weight excluding hydrogens is 343 g/mol. The van der Waals surface area contributed by atoms with Crippen molar-refractivity contribution in [2.24, 2.45) is 5.92 Å². The number of pyridine rings is 1. The van der Waals surface area contributed by atoms with Gasteiger partial charge in [-0.2, -0.15) is 13.2 Å². The summed E-state index contributed by atoms with van der Waals surface area (Å²) in [4.78, 5) is 19.8. The Kier molecular flexibility index (Phi) is 6.04. The molecule has 7 heteroatoms. The lowest BCUT2D eigenvalue weighted by atomic mass is 9.86. The molecule has 3 rings (SSSR count). The summed E-state index contributed by atoms with van der Waals surface area (Å²) in [6.07, 6.45) is 4.87. The maximum atomic E-state index is 12.6. The first kappa shape index (κ1) is 19.0. The Morgan fingerprint density at radius 3 is 2.35 bits per heavy atom. The van der Waals surface area contributed by atoms with E-state index in [2.05, 4.69) is 4.98 Å². The van der Waals surface area contributed by atoms with E-state index in [1.54, 1.807) is 0 Å². The predicted octanol–water partition coefficient (Wildman–Crippen LogP) is 4.11. The van der Waals surface area contributed by atoms with Gasteiger partial charge in [0, 0.05) is 32.6 Å². The summed E-state index contributed by atoms with van der Waals surface area (Å²) in [6, 6.07) is 2.47. The van der Waals surface area contributed by atoms with Crippen molar-refractivity contribution in [2.75, 3.05) is 31.1 Å². The van der Waals surface area contributed by atoms with Crippen LogP contribution in [-0.2, 0) is 11.0 Å². The number of hydrogen-bond donors (Lipinski definition) is 0. The third-order valence-electron chi connectivity index (χ3n) is 5.53. The Bertz CT molecular complexity index is 589. The van der Waals surface area contributed by atoms with Gasteiger partial charge in [-0.25, -0.2) is 4.98 Å². The van der Waals surface area contributed by atoms with Crippen molar-refractivity contribution in [3.8, 4) is 0 Å². The summed E-state index contributed by atoms with van der Waals surface area (Å²) in [5, 5.41) is 0. The number of halogens is 3. The number of piperazine rings is 1. The van der Waals surface area contributed by atoms with E-state index < -0.39 is 11.9 Å². The van der Waals surface area contributed by atoms with Gasteiger partial charge < -0.3 is 9.80 Å². The van der Waals surface area contributed by atoms with Crippen molar-refractivity contribution >= 4 is 11.6 Å². The van der Waals surface area contributed by atoms with E-state index in [-0.39, 0.29) is 5.91 Å². The zero-order chi connectivity index (χ0) is 18.6. The van der Waals surface area contributed by atoms with E-state index in [1.165, 1.54) is 44.4 Å². The molecule has 2 fully saturated rings. The van der Waals surface area contributed by atoms with Gasteiger partial charge in [-0.1, -0.05) is 32.1 Å². The van der Waals surface area contributed by atoms with Crippen molar-refractivity contribution in [3.05, 3.63) is 24.0 Å². The number of anilines is 1. The van der Waals surface area contributed by atoms with Crippen LogP contribution in [0.5, 0.6) is 0 Å². The summed E-state index contributed by atoms with van der Waals surface area (Å²) in [7, 11) is 0. The van der Waals surface area contributed by atoms with Gasteiger partial charge in [0.1, 0.15) is 5.69 Å². The average Bonchev–Trinajstić information content (AvgIpc) is 2.66. The molecule has 26 heavy (non-hydrogen) atoms. The highest BCUT2D eigenvalue weighted by Gasteiger charge is 2.32. The highest BCUT2D eigenvalue weighted by atomic mass is 19.4. The Morgan fingerprint density at radius 2 is 1.77 bits per heavy atom. The van der Waals surface area contributed by atoms with Crippen LogP contribution in [0.4, 0.5) is 18.9 Å². The molecule has 0 bridgehead atoms. The Balaban J connectivity index is 1.45. The summed E-state index contributed by atoms with van der Waals surface area (Å²) in [6.45, 7) is 2.49. The minimum absolute atomic E-state index is 0.209. The van der Waals surface area contributed by atoms with Gasteiger partial charge in [0.15, 0.2) is 0 Å². The van der Waals surface area contributed by atoms with Crippen LogP contribution in [-0.4, -0.2) is 42.0 Å². The average molecular weight is 369 g/mol. The van der Waals surface area contributed by atoms with Crippen molar-refractivity contribution < 1.29 is 18.0 Å². The molecule has 1 saturated carbocycles. The first-order chi connectivity index (χ1) is 12.4. The van der Waals surface area contributed by atoms with E-state index in [9.17, 15) is 18.0 Å². The standard InChI is InChI=1S/C19H26F3N3O/c20-19(21,22)17-8-7-16(14-23-17)24-10-12-25(13-11-24)18(26)9-6-15-4-2-1-3-5-15/h7-8,14-15H,1-6,9-13H2. The molecule has 0 radical (unpaired) electrons. The summed E-state index contributed by atoms with van der Waals surface area (Å²) in [5.41, 5.74) is -0.204. The maximum absolute atomic E-state index is 12.6. The second-order valence-corrected chi connectivity index (χ2v) is 7.31. The van der Waals surface area contributed by atoms with Crippen molar-refractivity contribution in [1.29, 1.82) is 0 Å². The highest BCUT2D eigenvalue weighted by molar-refractivity contribution is 5.76. The topological polar surface area (TPSA) is 36.4 Å². The molecule has 4 nitrogen and oxygen atoms in total. The fourth-order valence-electron chi connectivity index (χ4n) is 3.92. The molecule has 1 amide bonds. The molecule has 0 aromatic carbocycles. The zero-order valence-corrected chi connectivity index (χ0v) is 15.0. The van der Waals surface area contributed by atoms with E-state index in [0.717, 1.165) is 12.5 Å². The number of alkyl halides is 3.